The second-order valence-electron chi connectivity index (χ2n) is 2.81. The molecule has 0 saturated heterocycles. The second kappa shape index (κ2) is 5.29. The number of rotatable bonds is 3. The van der Waals surface area contributed by atoms with Crippen molar-refractivity contribution in [2.75, 3.05) is 0 Å². The molecule has 1 aromatic heterocycles. The van der Waals surface area contributed by atoms with E-state index in [4.69, 9.17) is 5.11 Å². The van der Waals surface area contributed by atoms with Crippen molar-refractivity contribution in [1.82, 2.24) is 4.98 Å². The topological polar surface area (TPSA) is 42.4 Å². The summed E-state index contributed by atoms with van der Waals surface area (Å²) >= 11 is 1.58. The molecule has 0 unspecified atom stereocenters. The first-order chi connectivity index (χ1) is 7.76. The fourth-order valence-electron chi connectivity index (χ4n) is 1.10. The molecule has 0 aliphatic rings. The van der Waals surface area contributed by atoms with E-state index in [0.29, 0.717) is 0 Å². The molecular weight excluding hydrogens is 364 g/mol. The van der Waals surface area contributed by atoms with E-state index in [-0.39, 0.29) is 9.13 Å². The maximum Gasteiger partial charge on any atom is 0.574 e. The molecule has 0 spiro atoms. The number of hydrogen-bond acceptors (Lipinski definition) is 3. The Bertz CT molecular complexity index is 410. The van der Waals surface area contributed by atoms with Crippen molar-refractivity contribution in [1.29, 1.82) is 0 Å². The van der Waals surface area contributed by atoms with E-state index >= 15 is 0 Å². The number of aliphatic hydroxyl groups excluding tert-OH is 1. The summed E-state index contributed by atoms with van der Waals surface area (Å²) in [6, 6.07) is 0. The van der Waals surface area contributed by atoms with Crippen LogP contribution < -0.4 is 4.74 Å². The average molecular weight is 369 g/mol. The van der Waals surface area contributed by atoms with Gasteiger partial charge in [-0.1, -0.05) is 0 Å². The van der Waals surface area contributed by atoms with E-state index in [1.165, 1.54) is 0 Å². The van der Waals surface area contributed by atoms with E-state index in [1.54, 1.807) is 22.6 Å². The van der Waals surface area contributed by atoms with Crippen molar-refractivity contribution in [3.63, 3.8) is 0 Å². The SMILES string of the molecule is OCc1c(I)cnc(OC(F)(F)F)c1C(F)F. The van der Waals surface area contributed by atoms with Crippen molar-refractivity contribution in [3.8, 4) is 5.88 Å². The Morgan fingerprint density at radius 3 is 2.41 bits per heavy atom. The van der Waals surface area contributed by atoms with E-state index in [1.807, 2.05) is 0 Å². The highest BCUT2D eigenvalue weighted by Crippen LogP contribution is 2.35. The maximum atomic E-state index is 12.6. The molecule has 1 heterocycles. The lowest BCUT2D eigenvalue weighted by atomic mass is 10.1. The lowest BCUT2D eigenvalue weighted by Gasteiger charge is -2.15. The zero-order valence-corrected chi connectivity index (χ0v) is 10.1. The number of aromatic nitrogens is 1. The summed E-state index contributed by atoms with van der Waals surface area (Å²) in [6.45, 7) is -0.825. The highest BCUT2D eigenvalue weighted by atomic mass is 127. The van der Waals surface area contributed by atoms with Gasteiger partial charge in [0.1, 0.15) is 0 Å². The number of alkyl halides is 5. The zero-order valence-electron chi connectivity index (χ0n) is 7.93. The summed E-state index contributed by atoms with van der Waals surface area (Å²) in [7, 11) is 0. The molecule has 0 aliphatic carbocycles. The summed E-state index contributed by atoms with van der Waals surface area (Å²) in [5, 5.41) is 8.87. The molecule has 0 radical (unpaired) electrons. The van der Waals surface area contributed by atoms with Crippen LogP contribution in [-0.2, 0) is 6.61 Å². The van der Waals surface area contributed by atoms with Gasteiger partial charge in [-0.2, -0.15) is 0 Å². The first kappa shape index (κ1) is 14.4. The second-order valence-corrected chi connectivity index (χ2v) is 3.97. The van der Waals surface area contributed by atoms with Crippen molar-refractivity contribution < 1.29 is 31.8 Å². The van der Waals surface area contributed by atoms with Gasteiger partial charge in [0.2, 0.25) is 5.88 Å². The van der Waals surface area contributed by atoms with Crippen LogP contribution in [0.25, 0.3) is 0 Å². The van der Waals surface area contributed by atoms with Gasteiger partial charge in [-0.05, 0) is 22.6 Å². The minimum Gasteiger partial charge on any atom is -0.392 e. The van der Waals surface area contributed by atoms with Gasteiger partial charge in [0.15, 0.2) is 0 Å². The van der Waals surface area contributed by atoms with Gasteiger partial charge in [0.05, 0.1) is 12.2 Å². The van der Waals surface area contributed by atoms with Crippen LogP contribution in [0.3, 0.4) is 0 Å². The van der Waals surface area contributed by atoms with Gasteiger partial charge < -0.3 is 9.84 Å². The van der Waals surface area contributed by atoms with Gasteiger partial charge in [0, 0.05) is 15.3 Å². The summed E-state index contributed by atoms with van der Waals surface area (Å²) in [4.78, 5) is 3.15. The Morgan fingerprint density at radius 2 is 2.00 bits per heavy atom. The van der Waals surface area contributed by atoms with Crippen molar-refractivity contribution in [3.05, 3.63) is 20.9 Å². The number of pyridine rings is 1. The molecule has 1 rings (SSSR count). The Labute approximate surface area is 106 Å². The first-order valence-electron chi connectivity index (χ1n) is 4.08. The summed E-state index contributed by atoms with van der Waals surface area (Å²) < 4.78 is 64.6. The van der Waals surface area contributed by atoms with Crippen LogP contribution in [0.4, 0.5) is 22.0 Å². The van der Waals surface area contributed by atoms with E-state index < -0.39 is 30.8 Å². The number of halogens is 6. The van der Waals surface area contributed by atoms with Crippen LogP contribution >= 0.6 is 22.6 Å². The maximum absolute atomic E-state index is 12.6. The standard InChI is InChI=1S/C8H5F5INO2/c9-6(10)5-3(2-16)4(14)1-15-7(5)17-8(11,12)13/h1,6,16H,2H2. The Balaban J connectivity index is 3.30. The highest BCUT2D eigenvalue weighted by Gasteiger charge is 2.35. The fourth-order valence-corrected chi connectivity index (χ4v) is 1.70. The van der Waals surface area contributed by atoms with Crippen LogP contribution in [0.1, 0.15) is 17.6 Å². The summed E-state index contributed by atoms with van der Waals surface area (Å²) in [5.41, 5.74) is -1.37. The molecule has 17 heavy (non-hydrogen) atoms. The number of ether oxygens (including phenoxy) is 1. The molecule has 0 saturated carbocycles. The molecule has 0 aromatic carbocycles. The third-order valence-corrected chi connectivity index (χ3v) is 2.66. The average Bonchev–Trinajstić information content (AvgIpc) is 2.17. The molecule has 0 bridgehead atoms. The van der Waals surface area contributed by atoms with Gasteiger partial charge >= 0.3 is 6.36 Å². The lowest BCUT2D eigenvalue weighted by Crippen LogP contribution is -2.20. The Morgan fingerprint density at radius 1 is 1.41 bits per heavy atom. The van der Waals surface area contributed by atoms with E-state index in [0.717, 1.165) is 6.20 Å². The van der Waals surface area contributed by atoms with Gasteiger partial charge in [-0.15, -0.1) is 13.2 Å². The predicted molar refractivity (Wildman–Crippen MR) is 54.5 cm³/mol. The molecule has 0 amide bonds. The summed E-state index contributed by atoms with van der Waals surface area (Å²) in [5.74, 6) is -1.24. The van der Waals surface area contributed by atoms with Crippen molar-refractivity contribution in [2.24, 2.45) is 0 Å². The Hall–Kier alpha value is -0.710. The number of aliphatic hydroxyl groups is 1. The van der Waals surface area contributed by atoms with Gasteiger partial charge in [-0.3, -0.25) is 0 Å². The molecule has 0 atom stereocenters. The highest BCUT2D eigenvalue weighted by molar-refractivity contribution is 14.1. The van der Waals surface area contributed by atoms with Gasteiger partial charge in [0.25, 0.3) is 6.43 Å². The number of nitrogens with zero attached hydrogens (tertiary/aromatic N) is 1. The van der Waals surface area contributed by atoms with Crippen molar-refractivity contribution in [2.45, 2.75) is 19.4 Å². The molecule has 96 valence electrons. The minimum atomic E-state index is -5.11. The van der Waals surface area contributed by atoms with Crippen LogP contribution in [0.5, 0.6) is 5.88 Å². The summed E-state index contributed by atoms with van der Waals surface area (Å²) in [6.07, 6.45) is -7.42. The van der Waals surface area contributed by atoms with E-state index in [9.17, 15) is 22.0 Å². The Kier molecular flexibility index (Phi) is 4.47. The normalized spacial score (nSPS) is 12.0. The molecule has 1 aromatic rings. The van der Waals surface area contributed by atoms with E-state index in [2.05, 4.69) is 9.72 Å². The third-order valence-electron chi connectivity index (χ3n) is 1.73. The molecular formula is C8H5F5INO2. The fraction of sp³-hybridized carbons (Fsp3) is 0.375. The molecule has 3 nitrogen and oxygen atoms in total. The van der Waals surface area contributed by atoms with Gasteiger partial charge in [-0.25, -0.2) is 13.8 Å². The largest absolute Gasteiger partial charge is 0.574 e. The number of hydrogen-bond donors (Lipinski definition) is 1. The van der Waals surface area contributed by atoms with Crippen LogP contribution in [0.2, 0.25) is 0 Å². The smallest absolute Gasteiger partial charge is 0.392 e. The minimum absolute atomic E-state index is 0.134. The third kappa shape index (κ3) is 3.63. The quantitative estimate of drug-likeness (QED) is 0.658. The molecule has 1 N–H and O–H groups in total. The lowest BCUT2D eigenvalue weighted by molar-refractivity contribution is -0.276. The molecule has 0 aliphatic heterocycles. The molecule has 9 heteroatoms. The zero-order chi connectivity index (χ0) is 13.2. The van der Waals surface area contributed by atoms with Crippen LogP contribution in [-0.4, -0.2) is 16.5 Å². The van der Waals surface area contributed by atoms with Crippen molar-refractivity contribution >= 4 is 22.6 Å². The molecule has 0 fully saturated rings. The first-order valence-corrected chi connectivity index (χ1v) is 5.16. The van der Waals surface area contributed by atoms with Crippen LogP contribution in [0, 0.1) is 3.57 Å². The van der Waals surface area contributed by atoms with Crippen LogP contribution in [0.15, 0.2) is 6.20 Å². The monoisotopic (exact) mass is 369 g/mol. The predicted octanol–water partition coefficient (Wildman–Crippen LogP) is 3.01.